The Balaban J connectivity index is 2.19. The van der Waals surface area contributed by atoms with Gasteiger partial charge in [-0.15, -0.1) is 6.22 Å². The Morgan fingerprint density at radius 1 is 1.80 bits per heavy atom. The van der Waals surface area contributed by atoms with Crippen LogP contribution in [0.25, 0.3) is 0 Å². The van der Waals surface area contributed by atoms with Gasteiger partial charge in [-0.25, -0.2) is 0 Å². The van der Waals surface area contributed by atoms with Gasteiger partial charge < -0.3 is 0 Å². The van der Waals surface area contributed by atoms with Gasteiger partial charge in [0.25, 0.3) is 0 Å². The first kappa shape index (κ1) is 5.13. The van der Waals surface area contributed by atoms with Crippen molar-refractivity contribution in [2.45, 2.75) is 19.5 Å². The Morgan fingerprint density at radius 2 is 2.40 bits per heavy atom. The van der Waals surface area contributed by atoms with E-state index in [0.717, 1.165) is 0 Å². The van der Waals surface area contributed by atoms with Crippen molar-refractivity contribution in [3.8, 4) is 0 Å². The molecule has 0 aromatic heterocycles. The zero-order valence-corrected chi connectivity index (χ0v) is 4.12. The van der Waals surface area contributed by atoms with E-state index < -0.39 is 0 Å². The van der Waals surface area contributed by atoms with Crippen LogP contribution >= 0.6 is 0 Å². The van der Waals surface area contributed by atoms with E-state index >= 15 is 0 Å². The summed E-state index contributed by atoms with van der Waals surface area (Å²) >= 11 is 0. The molecule has 0 heterocycles. The van der Waals surface area contributed by atoms with E-state index in [-0.39, 0.29) is 0 Å². The van der Waals surface area contributed by atoms with Crippen LogP contribution in [0.5, 0.6) is 0 Å². The van der Waals surface area contributed by atoms with Gasteiger partial charge in [-0.2, -0.15) is 0 Å². The molecule has 0 nitrogen and oxygen atoms in total. The Kier molecular flexibility index (Phi) is 4.24. The van der Waals surface area contributed by atoms with Crippen LogP contribution in [-0.4, -0.2) is 15.1 Å². The van der Waals surface area contributed by atoms with Crippen molar-refractivity contribution < 1.29 is 0 Å². The highest BCUT2D eigenvalue weighted by Gasteiger charge is 1.73. The molecule has 0 rings (SSSR count). The van der Waals surface area contributed by atoms with Crippen LogP contribution in [0, 0.1) is 0 Å². The smallest absolute Gasteiger partial charge is 0.105 e. The summed E-state index contributed by atoms with van der Waals surface area (Å²) in [7, 11) is 3.60. The van der Waals surface area contributed by atoms with Crippen LogP contribution in [0.1, 0.15) is 6.92 Å². The topological polar surface area (TPSA) is 0 Å². The highest BCUT2D eigenvalue weighted by molar-refractivity contribution is 6.46. The summed E-state index contributed by atoms with van der Waals surface area (Å²) in [5.41, 5.74) is 0. The second kappa shape index (κ2) is 4.13. The first-order chi connectivity index (χ1) is 2.41. The first-order valence-electron chi connectivity index (χ1n) is 2.41. The van der Waals surface area contributed by atoms with Gasteiger partial charge in [-0.3, -0.25) is 0 Å². The number of rotatable bonds is 2. The summed E-state index contributed by atoms with van der Waals surface area (Å²) in [6.45, 7) is 2.21. The zero-order valence-electron chi connectivity index (χ0n) is 4.12. The van der Waals surface area contributed by atoms with Gasteiger partial charge in [0.05, 0.1) is 7.85 Å². The monoisotopic (exact) mass is 68.1 g/mol. The fraction of sp³-hybridized carbons (Fsp3) is 1.00. The molecule has 0 radical (unpaired) electrons. The average molecular weight is 67.7 g/mol. The zero-order chi connectivity index (χ0) is 4.12. The largest absolute Gasteiger partial charge is 0.112 e. The minimum absolute atomic E-state index is 1.34. The van der Waals surface area contributed by atoms with Gasteiger partial charge in [0, 0.05) is 0 Å². The maximum Gasteiger partial charge on any atom is 0.112 e. The quantitative estimate of drug-likeness (QED) is 0.395. The van der Waals surface area contributed by atoms with Gasteiger partial charge >= 0.3 is 0 Å². The third kappa shape index (κ3) is 4.13. The van der Waals surface area contributed by atoms with E-state index in [2.05, 4.69) is 14.8 Å². The molecule has 2 heteroatoms. The molecule has 5 heavy (non-hydrogen) atoms. The second-order valence-corrected chi connectivity index (χ2v) is 1.35. The van der Waals surface area contributed by atoms with E-state index in [1.54, 1.807) is 0 Å². The van der Waals surface area contributed by atoms with E-state index in [0.29, 0.717) is 0 Å². The molecule has 0 bridgehead atoms. The lowest BCUT2D eigenvalue weighted by Crippen LogP contribution is -1.80. The normalized spacial score (nSPS) is 7.40. The molecule has 0 aliphatic carbocycles. The molecular weight excluding hydrogens is 57.7 g/mol. The Bertz CT molecular complexity index is 12.4. The van der Waals surface area contributed by atoms with Gasteiger partial charge in [0.15, 0.2) is 0 Å². The molecule has 0 aromatic carbocycles. The molecule has 0 spiro atoms. The minimum Gasteiger partial charge on any atom is -0.105 e. The van der Waals surface area contributed by atoms with Crippen LogP contribution in [0.2, 0.25) is 12.5 Å². The molecule has 0 atom stereocenters. The van der Waals surface area contributed by atoms with Crippen molar-refractivity contribution >= 4 is 15.1 Å². The van der Waals surface area contributed by atoms with Crippen LogP contribution in [0.4, 0.5) is 0 Å². The van der Waals surface area contributed by atoms with E-state index in [4.69, 9.17) is 0 Å². The van der Waals surface area contributed by atoms with E-state index in [1.165, 1.54) is 19.8 Å². The van der Waals surface area contributed by atoms with Crippen molar-refractivity contribution in [1.82, 2.24) is 0 Å². The van der Waals surface area contributed by atoms with E-state index in [9.17, 15) is 0 Å². The van der Waals surface area contributed by atoms with Crippen molar-refractivity contribution in [1.29, 1.82) is 0 Å². The summed E-state index contributed by atoms with van der Waals surface area (Å²) < 4.78 is 0. The summed E-state index contributed by atoms with van der Waals surface area (Å²) in [5.74, 6) is 0. The van der Waals surface area contributed by atoms with Crippen molar-refractivity contribution in [3.05, 3.63) is 0 Å². The maximum absolute atomic E-state index is 2.21. The lowest BCUT2D eigenvalue weighted by molar-refractivity contribution is 1.45. The molecule has 0 saturated carbocycles. The Labute approximate surface area is 35.6 Å². The summed E-state index contributed by atoms with van der Waals surface area (Å²) in [4.78, 5) is 0. The molecule has 0 amide bonds. The average Bonchev–Trinajstić information content (AvgIpc) is 1.41. The van der Waals surface area contributed by atoms with Gasteiger partial charge in [0.2, 0.25) is 0 Å². The van der Waals surface area contributed by atoms with Crippen molar-refractivity contribution in [2.24, 2.45) is 0 Å². The van der Waals surface area contributed by atoms with Crippen LogP contribution < -0.4 is 0 Å². The summed E-state index contributed by atoms with van der Waals surface area (Å²) in [5, 5.41) is 0. The van der Waals surface area contributed by atoms with Gasteiger partial charge in [0.1, 0.15) is 7.28 Å². The maximum atomic E-state index is 2.21. The highest BCUT2D eigenvalue weighted by Crippen LogP contribution is 1.73. The lowest BCUT2D eigenvalue weighted by Gasteiger charge is -1.74. The summed E-state index contributed by atoms with van der Waals surface area (Å²) in [6.07, 6.45) is 2.69. The van der Waals surface area contributed by atoms with E-state index in [1.807, 2.05) is 0 Å². The lowest BCUT2D eigenvalue weighted by atomic mass is 9.64. The molecule has 0 N–H and O–H groups in total. The second-order valence-electron chi connectivity index (χ2n) is 1.35. The molecule has 0 aliphatic rings. The standard InChI is InChI=1S/C3H10B2/c1-2-5-3-4/h5H,2-4H2,1H3. The molecule has 28 valence electrons. The third-order valence-corrected chi connectivity index (χ3v) is 0.707. The molecule has 0 unspecified atom stereocenters. The van der Waals surface area contributed by atoms with Crippen LogP contribution in [-0.2, 0) is 0 Å². The Morgan fingerprint density at radius 3 is 2.40 bits per heavy atom. The van der Waals surface area contributed by atoms with Crippen LogP contribution in [0.3, 0.4) is 0 Å². The molecule has 0 aromatic rings. The first-order valence-corrected chi connectivity index (χ1v) is 2.41. The molecule has 0 fully saturated rings. The fourth-order valence-corrected chi connectivity index (χ4v) is 0.354. The Hall–Kier alpha value is 0.130. The minimum atomic E-state index is 1.34. The molecule has 0 aliphatic heterocycles. The predicted molar refractivity (Wildman–Crippen MR) is 31.0 cm³/mol. The molecule has 0 saturated heterocycles. The summed E-state index contributed by atoms with van der Waals surface area (Å²) in [6, 6.07) is 0. The number of hydrogen-bond acceptors (Lipinski definition) is 0. The molecular formula is C3H10B2. The van der Waals surface area contributed by atoms with Gasteiger partial charge in [-0.1, -0.05) is 13.2 Å². The van der Waals surface area contributed by atoms with Gasteiger partial charge in [-0.05, 0) is 0 Å². The predicted octanol–water partition coefficient (Wildman–Crippen LogP) is -0.130. The number of hydrogen-bond donors (Lipinski definition) is 0. The van der Waals surface area contributed by atoms with Crippen molar-refractivity contribution in [2.75, 3.05) is 0 Å². The fourth-order valence-electron chi connectivity index (χ4n) is 0.354. The SMILES string of the molecule is BCBCC. The van der Waals surface area contributed by atoms with Crippen LogP contribution in [0.15, 0.2) is 0 Å². The highest BCUT2D eigenvalue weighted by atomic mass is 13.4. The van der Waals surface area contributed by atoms with Crippen molar-refractivity contribution in [3.63, 3.8) is 0 Å². The third-order valence-electron chi connectivity index (χ3n) is 0.707.